The molecule has 0 aliphatic heterocycles. The van der Waals surface area contributed by atoms with Crippen LogP contribution in [-0.4, -0.2) is 24.3 Å². The lowest BCUT2D eigenvalue weighted by Crippen LogP contribution is -2.41. The van der Waals surface area contributed by atoms with E-state index in [4.69, 9.17) is 9.15 Å². The fourth-order valence-corrected chi connectivity index (χ4v) is 2.72. The van der Waals surface area contributed by atoms with Crippen LogP contribution in [0.3, 0.4) is 0 Å². The van der Waals surface area contributed by atoms with E-state index in [1.165, 1.54) is 6.07 Å². The molecule has 0 saturated heterocycles. The molecule has 172 valence electrons. The van der Waals surface area contributed by atoms with E-state index >= 15 is 0 Å². The summed E-state index contributed by atoms with van der Waals surface area (Å²) in [7, 11) is 0. The average Bonchev–Trinajstić information content (AvgIpc) is 3.29. The second kappa shape index (κ2) is 11.4. The third-order valence-corrected chi connectivity index (χ3v) is 4.37. The van der Waals surface area contributed by atoms with Crippen LogP contribution in [0.1, 0.15) is 39.5 Å². The van der Waals surface area contributed by atoms with Crippen LogP contribution in [0.15, 0.2) is 65.1 Å². The molecular formula is C23H21F2N3O5. The molecule has 0 fully saturated rings. The van der Waals surface area contributed by atoms with Crippen LogP contribution in [0.2, 0.25) is 0 Å². The second-order valence-corrected chi connectivity index (χ2v) is 6.85. The number of benzene rings is 2. The van der Waals surface area contributed by atoms with E-state index in [1.807, 2.05) is 18.2 Å². The first-order valence-corrected chi connectivity index (χ1v) is 10.0. The van der Waals surface area contributed by atoms with Crippen LogP contribution in [0.5, 0.6) is 5.75 Å². The number of carbonyl (C=O) groups is 3. The second-order valence-electron chi connectivity index (χ2n) is 6.85. The number of carbonyl (C=O) groups excluding carboxylic acids is 3. The van der Waals surface area contributed by atoms with Gasteiger partial charge in [-0.2, -0.15) is 0 Å². The van der Waals surface area contributed by atoms with Crippen LogP contribution < -0.4 is 20.9 Å². The van der Waals surface area contributed by atoms with Crippen molar-refractivity contribution in [2.75, 3.05) is 6.54 Å². The molecule has 8 nitrogen and oxygen atoms in total. The predicted molar refractivity (Wildman–Crippen MR) is 113 cm³/mol. The monoisotopic (exact) mass is 457 g/mol. The Morgan fingerprint density at radius 3 is 2.45 bits per heavy atom. The summed E-state index contributed by atoms with van der Waals surface area (Å²) in [5, 5.41) is 2.44. The van der Waals surface area contributed by atoms with Gasteiger partial charge in [0.1, 0.15) is 29.8 Å². The number of furan rings is 1. The summed E-state index contributed by atoms with van der Waals surface area (Å²) in [6.45, 7) is 0.219. The lowest BCUT2D eigenvalue weighted by atomic mass is 10.2. The highest BCUT2D eigenvalue weighted by Crippen LogP contribution is 2.14. The van der Waals surface area contributed by atoms with E-state index in [2.05, 4.69) is 16.2 Å². The van der Waals surface area contributed by atoms with Crippen LogP contribution in [0, 0.1) is 11.6 Å². The Morgan fingerprint density at radius 2 is 1.70 bits per heavy atom. The van der Waals surface area contributed by atoms with Crippen molar-refractivity contribution in [3.63, 3.8) is 0 Å². The molecule has 0 aliphatic carbocycles. The third kappa shape index (κ3) is 7.17. The molecule has 1 aromatic heterocycles. The van der Waals surface area contributed by atoms with Gasteiger partial charge in [-0.25, -0.2) is 8.78 Å². The minimum absolute atomic E-state index is 0.00412. The molecule has 3 N–H and O–H groups in total. The van der Waals surface area contributed by atoms with Gasteiger partial charge >= 0.3 is 5.91 Å². The van der Waals surface area contributed by atoms with Crippen molar-refractivity contribution in [3.8, 4) is 5.75 Å². The number of halogens is 2. The van der Waals surface area contributed by atoms with Gasteiger partial charge in [-0.1, -0.05) is 18.2 Å². The van der Waals surface area contributed by atoms with Gasteiger partial charge in [-0.15, -0.1) is 0 Å². The number of nitrogens with one attached hydrogen (secondary N) is 3. The molecule has 10 heteroatoms. The summed E-state index contributed by atoms with van der Waals surface area (Å²) in [5.74, 6) is -2.52. The molecule has 0 aliphatic rings. The molecule has 3 aromatic rings. The number of hydrogen-bond acceptors (Lipinski definition) is 5. The Labute approximate surface area is 187 Å². The summed E-state index contributed by atoms with van der Waals surface area (Å²) in [5.41, 5.74) is 4.18. The fraction of sp³-hybridized carbons (Fsp3) is 0.174. The summed E-state index contributed by atoms with van der Waals surface area (Å²) in [6, 6.07) is 14.8. The maximum atomic E-state index is 13.6. The lowest BCUT2D eigenvalue weighted by molar-refractivity contribution is -0.121. The topological polar surface area (TPSA) is 110 Å². The van der Waals surface area contributed by atoms with Gasteiger partial charge in [0.05, 0.1) is 5.56 Å². The van der Waals surface area contributed by atoms with Crippen molar-refractivity contribution >= 4 is 17.7 Å². The van der Waals surface area contributed by atoms with E-state index in [0.717, 1.165) is 12.1 Å². The van der Waals surface area contributed by atoms with E-state index in [9.17, 15) is 23.2 Å². The van der Waals surface area contributed by atoms with Gasteiger partial charge < -0.3 is 14.5 Å². The zero-order chi connectivity index (χ0) is 23.6. The first kappa shape index (κ1) is 23.5. The van der Waals surface area contributed by atoms with Crippen molar-refractivity contribution in [2.45, 2.75) is 19.4 Å². The van der Waals surface area contributed by atoms with Crippen molar-refractivity contribution in [1.29, 1.82) is 0 Å². The van der Waals surface area contributed by atoms with Gasteiger partial charge in [-0.3, -0.25) is 25.2 Å². The van der Waals surface area contributed by atoms with Crippen LogP contribution in [-0.2, 0) is 11.4 Å². The van der Waals surface area contributed by atoms with Gasteiger partial charge in [0.15, 0.2) is 5.76 Å². The maximum Gasteiger partial charge on any atom is 0.305 e. The van der Waals surface area contributed by atoms with E-state index in [0.29, 0.717) is 17.6 Å². The Bertz CT molecular complexity index is 1120. The first-order chi connectivity index (χ1) is 15.9. The Morgan fingerprint density at radius 1 is 0.909 bits per heavy atom. The molecule has 2 aromatic carbocycles. The molecule has 0 bridgehead atoms. The highest BCUT2D eigenvalue weighted by molar-refractivity contribution is 5.94. The highest BCUT2D eigenvalue weighted by Gasteiger charge is 2.14. The molecule has 0 unspecified atom stereocenters. The largest absolute Gasteiger partial charge is 0.486 e. The van der Waals surface area contributed by atoms with Crippen LogP contribution >= 0.6 is 0 Å². The van der Waals surface area contributed by atoms with Gasteiger partial charge in [-0.05, 0) is 42.8 Å². The first-order valence-electron chi connectivity index (χ1n) is 10.0. The SMILES string of the molecule is O=C(CCCNC(=O)c1ccc(F)cc1F)NNC(=O)c1ccc(COc2ccccc2)o1. The Kier molecular flexibility index (Phi) is 8.12. The summed E-state index contributed by atoms with van der Waals surface area (Å²) in [6.07, 6.45) is 0.221. The van der Waals surface area contributed by atoms with Crippen molar-refractivity contribution in [1.82, 2.24) is 16.2 Å². The summed E-state index contributed by atoms with van der Waals surface area (Å²) in [4.78, 5) is 35.8. The summed E-state index contributed by atoms with van der Waals surface area (Å²) >= 11 is 0. The number of amides is 3. The third-order valence-electron chi connectivity index (χ3n) is 4.37. The molecule has 3 amide bonds. The zero-order valence-corrected chi connectivity index (χ0v) is 17.4. The van der Waals surface area contributed by atoms with E-state index < -0.39 is 29.4 Å². The molecule has 0 spiro atoms. The zero-order valence-electron chi connectivity index (χ0n) is 17.4. The molecule has 1 heterocycles. The quantitative estimate of drug-likeness (QED) is 0.338. The number of hydrazine groups is 1. The minimum atomic E-state index is -0.972. The lowest BCUT2D eigenvalue weighted by Gasteiger charge is -2.08. The number of hydrogen-bond donors (Lipinski definition) is 3. The van der Waals surface area contributed by atoms with Crippen molar-refractivity contribution in [2.24, 2.45) is 0 Å². The number of para-hydroxylation sites is 1. The maximum absolute atomic E-state index is 13.6. The average molecular weight is 457 g/mol. The molecule has 0 saturated carbocycles. The molecule has 0 atom stereocenters. The standard InChI is InChI=1S/C23H21F2N3O5/c24-15-8-10-18(19(25)13-15)22(30)26-12-4-7-21(29)27-28-23(31)20-11-9-17(33-20)14-32-16-5-2-1-3-6-16/h1-3,5-6,8-11,13H,4,7,12,14H2,(H,26,30)(H,27,29)(H,28,31). The molecular weight excluding hydrogens is 436 g/mol. The van der Waals surface area contributed by atoms with Crippen LogP contribution in [0.4, 0.5) is 8.78 Å². The van der Waals surface area contributed by atoms with E-state index in [1.54, 1.807) is 18.2 Å². The van der Waals surface area contributed by atoms with Gasteiger partial charge in [0.25, 0.3) is 5.91 Å². The molecule has 33 heavy (non-hydrogen) atoms. The Hall–Kier alpha value is -4.21. The normalized spacial score (nSPS) is 10.4. The van der Waals surface area contributed by atoms with E-state index in [-0.39, 0.29) is 37.3 Å². The number of ether oxygens (including phenoxy) is 1. The Balaban J connectivity index is 1.33. The summed E-state index contributed by atoms with van der Waals surface area (Å²) < 4.78 is 37.4. The number of rotatable bonds is 9. The van der Waals surface area contributed by atoms with Crippen molar-refractivity contribution < 1.29 is 32.3 Å². The van der Waals surface area contributed by atoms with Gasteiger partial charge in [0, 0.05) is 19.0 Å². The smallest absolute Gasteiger partial charge is 0.305 e. The minimum Gasteiger partial charge on any atom is -0.486 e. The fourth-order valence-electron chi connectivity index (χ4n) is 2.72. The molecule has 0 radical (unpaired) electrons. The van der Waals surface area contributed by atoms with Crippen LogP contribution in [0.25, 0.3) is 0 Å². The molecule has 3 rings (SSSR count). The highest BCUT2D eigenvalue weighted by atomic mass is 19.1. The van der Waals surface area contributed by atoms with Crippen molar-refractivity contribution in [3.05, 3.63) is 89.4 Å². The van der Waals surface area contributed by atoms with Gasteiger partial charge in [0.2, 0.25) is 5.91 Å². The predicted octanol–water partition coefficient (Wildman–Crippen LogP) is 3.11.